The van der Waals surface area contributed by atoms with E-state index in [1.807, 2.05) is 4.98 Å². The molecule has 0 radical (unpaired) electrons. The van der Waals surface area contributed by atoms with Gasteiger partial charge in [-0.05, 0) is 19.1 Å². The summed E-state index contributed by atoms with van der Waals surface area (Å²) in [6.07, 6.45) is -4.47. The first-order valence-corrected chi connectivity index (χ1v) is 4.15. The number of halogens is 3. The Bertz CT molecular complexity index is 374. The first kappa shape index (κ1) is 11.0. The third kappa shape index (κ3) is 2.69. The van der Waals surface area contributed by atoms with Gasteiger partial charge in [0, 0.05) is 6.07 Å². The van der Waals surface area contributed by atoms with E-state index >= 15 is 0 Å². The van der Waals surface area contributed by atoms with Gasteiger partial charge in [-0.2, -0.15) is 18.2 Å². The number of rotatable bonds is 2. The van der Waals surface area contributed by atoms with Crippen molar-refractivity contribution in [3.63, 3.8) is 0 Å². The van der Waals surface area contributed by atoms with Crippen LogP contribution in [0.5, 0.6) is 5.88 Å². The van der Waals surface area contributed by atoms with Gasteiger partial charge in [-0.25, -0.2) is 0 Å². The average molecular weight is 224 g/mol. The van der Waals surface area contributed by atoms with Crippen molar-refractivity contribution in [2.45, 2.75) is 13.1 Å². The summed E-state index contributed by atoms with van der Waals surface area (Å²) in [6, 6.07) is 0.777. The Morgan fingerprint density at radius 3 is 2.71 bits per heavy atom. The van der Waals surface area contributed by atoms with E-state index < -0.39 is 11.9 Å². The normalized spacial score (nSPS) is 11.4. The number of alkyl halides is 3. The van der Waals surface area contributed by atoms with Crippen molar-refractivity contribution in [2.24, 2.45) is 0 Å². The zero-order chi connectivity index (χ0) is 10.8. The van der Waals surface area contributed by atoms with Gasteiger partial charge in [-0.3, -0.25) is 0 Å². The molecule has 0 aliphatic carbocycles. The Morgan fingerprint density at radius 2 is 2.21 bits per heavy atom. The highest BCUT2D eigenvalue weighted by Crippen LogP contribution is 2.28. The molecule has 0 aliphatic rings. The predicted octanol–water partition coefficient (Wildman–Crippen LogP) is 2.56. The van der Waals surface area contributed by atoms with Gasteiger partial charge >= 0.3 is 6.18 Å². The van der Waals surface area contributed by atoms with Crippen molar-refractivity contribution in [3.8, 4) is 5.88 Å². The molecule has 0 aliphatic heterocycles. The number of hydrogen-bond donors (Lipinski definition) is 1. The summed E-state index contributed by atoms with van der Waals surface area (Å²) in [5, 5.41) is 0. The summed E-state index contributed by atoms with van der Waals surface area (Å²) < 4.78 is 41.3. The van der Waals surface area contributed by atoms with Crippen molar-refractivity contribution >= 4 is 12.2 Å². The molecule has 0 atom stereocenters. The van der Waals surface area contributed by atoms with Crippen LogP contribution in [0.3, 0.4) is 0 Å². The van der Waals surface area contributed by atoms with Crippen LogP contribution < -0.4 is 4.74 Å². The van der Waals surface area contributed by atoms with Crippen molar-refractivity contribution < 1.29 is 17.9 Å². The quantitative estimate of drug-likeness (QED) is 0.784. The average Bonchev–Trinajstić information content (AvgIpc) is 2.02. The Kier molecular flexibility index (Phi) is 3.10. The maximum absolute atomic E-state index is 12.2. The molecule has 0 aromatic carbocycles. The first-order chi connectivity index (χ1) is 6.43. The summed E-state index contributed by atoms with van der Waals surface area (Å²) in [7, 11) is 0. The van der Waals surface area contributed by atoms with Gasteiger partial charge in [0.1, 0.15) is 5.69 Å². The summed E-state index contributed by atoms with van der Waals surface area (Å²) in [4.78, 5) is 5.52. The van der Waals surface area contributed by atoms with E-state index in [2.05, 4.69) is 17.2 Å². The molecule has 7 heteroatoms. The molecule has 0 unspecified atom stereocenters. The fourth-order valence-electron chi connectivity index (χ4n) is 0.810. The fraction of sp³-hybridized carbons (Fsp3) is 0.429. The second-order valence-electron chi connectivity index (χ2n) is 2.37. The third-order valence-electron chi connectivity index (χ3n) is 1.32. The smallest absolute Gasteiger partial charge is 0.431 e. The number of hydrogen-bond acceptors (Lipinski definition) is 3. The first-order valence-electron chi connectivity index (χ1n) is 3.75. The third-order valence-corrected chi connectivity index (χ3v) is 1.51. The fourth-order valence-corrected chi connectivity index (χ4v) is 1.01. The minimum absolute atomic E-state index is 0.122. The maximum atomic E-state index is 12.2. The van der Waals surface area contributed by atoms with Crippen LogP contribution in [0.2, 0.25) is 0 Å². The number of nitrogens with one attached hydrogen (secondary N) is 1. The molecular formula is C7H7F3N2OS. The van der Waals surface area contributed by atoms with E-state index in [9.17, 15) is 13.2 Å². The molecule has 3 nitrogen and oxygen atoms in total. The van der Waals surface area contributed by atoms with E-state index in [4.69, 9.17) is 4.74 Å². The lowest BCUT2D eigenvalue weighted by atomic mass is 10.4. The molecule has 0 bridgehead atoms. The molecule has 0 amide bonds. The minimum atomic E-state index is -4.47. The van der Waals surface area contributed by atoms with Crippen LogP contribution >= 0.6 is 12.2 Å². The van der Waals surface area contributed by atoms with Crippen LogP contribution in [-0.4, -0.2) is 16.6 Å². The summed E-state index contributed by atoms with van der Waals surface area (Å²) in [6.45, 7) is 1.89. The number of aromatic amines is 1. The number of ether oxygens (including phenoxy) is 1. The number of nitrogens with zero attached hydrogens (tertiary/aromatic N) is 1. The van der Waals surface area contributed by atoms with E-state index in [0.29, 0.717) is 0 Å². The lowest BCUT2D eigenvalue weighted by Gasteiger charge is -2.08. The molecule has 78 valence electrons. The molecule has 0 fully saturated rings. The standard InChI is InChI=1S/C7H7F3N2OS/c1-2-13-5-3-4(7(8,9)10)11-6(14)12-5/h3H,2H2,1H3,(H,11,12,14). The lowest BCUT2D eigenvalue weighted by molar-refractivity contribution is -0.141. The molecule has 0 saturated heterocycles. The van der Waals surface area contributed by atoms with Crippen molar-refractivity contribution in [1.82, 2.24) is 9.97 Å². The monoisotopic (exact) mass is 224 g/mol. The number of aromatic nitrogens is 2. The molecule has 1 aromatic heterocycles. The van der Waals surface area contributed by atoms with Crippen LogP contribution in [0.1, 0.15) is 12.6 Å². The van der Waals surface area contributed by atoms with Crippen LogP contribution in [0.15, 0.2) is 6.07 Å². The van der Waals surface area contributed by atoms with Crippen LogP contribution in [-0.2, 0) is 6.18 Å². The van der Waals surface area contributed by atoms with Gasteiger partial charge in [-0.15, -0.1) is 0 Å². The topological polar surface area (TPSA) is 37.9 Å². The summed E-state index contributed by atoms with van der Waals surface area (Å²) >= 11 is 4.52. The molecule has 1 rings (SSSR count). The number of H-pyrrole nitrogens is 1. The zero-order valence-electron chi connectivity index (χ0n) is 7.18. The van der Waals surface area contributed by atoms with Gasteiger partial charge in [0.25, 0.3) is 0 Å². The second kappa shape index (κ2) is 3.95. The van der Waals surface area contributed by atoms with Gasteiger partial charge in [0.05, 0.1) is 6.61 Å². The van der Waals surface area contributed by atoms with Crippen molar-refractivity contribution in [1.29, 1.82) is 0 Å². The Morgan fingerprint density at radius 1 is 1.57 bits per heavy atom. The Balaban J connectivity index is 3.14. The van der Waals surface area contributed by atoms with Gasteiger partial charge in [0.15, 0.2) is 0 Å². The molecule has 1 heterocycles. The summed E-state index contributed by atoms with van der Waals surface area (Å²) in [5.74, 6) is -0.122. The Labute approximate surface area is 82.9 Å². The lowest BCUT2D eigenvalue weighted by Crippen LogP contribution is -2.09. The van der Waals surface area contributed by atoms with E-state index in [1.165, 1.54) is 0 Å². The van der Waals surface area contributed by atoms with Crippen LogP contribution in [0, 0.1) is 4.77 Å². The molecule has 1 aromatic rings. The Hall–Kier alpha value is -1.11. The molecule has 1 N–H and O–H groups in total. The molecular weight excluding hydrogens is 217 g/mol. The SMILES string of the molecule is CCOc1cc(C(F)(F)F)[nH]c(=S)n1. The van der Waals surface area contributed by atoms with E-state index in [0.717, 1.165) is 6.07 Å². The largest absolute Gasteiger partial charge is 0.478 e. The van der Waals surface area contributed by atoms with Crippen molar-refractivity contribution in [3.05, 3.63) is 16.5 Å². The molecule has 0 spiro atoms. The van der Waals surface area contributed by atoms with Crippen LogP contribution in [0.25, 0.3) is 0 Å². The molecule has 0 saturated carbocycles. The van der Waals surface area contributed by atoms with Gasteiger partial charge in [0.2, 0.25) is 10.7 Å². The highest BCUT2D eigenvalue weighted by molar-refractivity contribution is 7.71. The van der Waals surface area contributed by atoms with E-state index in [-0.39, 0.29) is 17.3 Å². The van der Waals surface area contributed by atoms with Gasteiger partial charge in [-0.1, -0.05) is 0 Å². The highest BCUT2D eigenvalue weighted by Gasteiger charge is 2.32. The zero-order valence-corrected chi connectivity index (χ0v) is 8.00. The summed E-state index contributed by atoms with van der Waals surface area (Å²) in [5.41, 5.74) is -0.957. The van der Waals surface area contributed by atoms with Gasteiger partial charge < -0.3 is 9.72 Å². The minimum Gasteiger partial charge on any atom is -0.478 e. The highest BCUT2D eigenvalue weighted by atomic mass is 32.1. The second-order valence-corrected chi connectivity index (χ2v) is 2.76. The van der Waals surface area contributed by atoms with Crippen molar-refractivity contribution in [2.75, 3.05) is 6.61 Å². The van der Waals surface area contributed by atoms with E-state index in [1.54, 1.807) is 6.92 Å². The predicted molar refractivity (Wildman–Crippen MR) is 45.6 cm³/mol. The molecule has 14 heavy (non-hydrogen) atoms. The maximum Gasteiger partial charge on any atom is 0.431 e. The van der Waals surface area contributed by atoms with Crippen LogP contribution in [0.4, 0.5) is 13.2 Å².